The fraction of sp³-hybridized carbons (Fsp3) is 0.387. The lowest BCUT2D eigenvalue weighted by atomic mass is 9.96. The summed E-state index contributed by atoms with van der Waals surface area (Å²) >= 11 is 0. The standard InChI is InChI=1S/C29H34N4O4.C2HF3O2/c1-3-20(34)12-8-5-9-13-24(28-30-18-26(32-28)19-10-6-4-7-11-19)31-27(35)17-23-22-15-14-21(37-2)16-25(22)33-29(23)36;3-2(4,5)1(6)7/h4,6-7,10-11,14-16,18,23-24H,3,5,8-9,12-13,17H2,1-2H3,(H,30,32)(H,31,35)(H,33,36);(H,6,7)/t23?,24-;/m0./s1. The highest BCUT2D eigenvalue weighted by atomic mass is 19.4. The van der Waals surface area contributed by atoms with Crippen LogP contribution in [0, 0.1) is 0 Å². The molecule has 3 aromatic rings. The zero-order chi connectivity index (χ0) is 32.3. The summed E-state index contributed by atoms with van der Waals surface area (Å²) in [5.74, 6) is -2.12. The van der Waals surface area contributed by atoms with Gasteiger partial charge < -0.3 is 25.5 Å². The molecule has 0 fully saturated rings. The zero-order valence-electron chi connectivity index (χ0n) is 24.4. The number of aliphatic carboxylic acids is 1. The van der Waals surface area contributed by atoms with Crippen LogP contribution in [0.15, 0.2) is 54.7 Å². The van der Waals surface area contributed by atoms with Gasteiger partial charge in [0.2, 0.25) is 11.8 Å². The van der Waals surface area contributed by atoms with Crippen molar-refractivity contribution in [1.82, 2.24) is 15.3 Å². The van der Waals surface area contributed by atoms with E-state index in [0.29, 0.717) is 36.5 Å². The quantitative estimate of drug-likeness (QED) is 0.174. The minimum Gasteiger partial charge on any atom is -0.497 e. The van der Waals surface area contributed by atoms with Gasteiger partial charge in [-0.15, -0.1) is 0 Å². The SMILES string of the molecule is CCC(=O)CCCCC[C@H](NC(=O)CC1C(=O)Nc2cc(OC)ccc21)c1ncc(-c2ccccc2)[nH]1.O=C(O)C(F)(F)F. The summed E-state index contributed by atoms with van der Waals surface area (Å²) in [5, 5.41) is 13.1. The number of fused-ring (bicyclic) bond motifs is 1. The van der Waals surface area contributed by atoms with E-state index in [9.17, 15) is 27.6 Å². The number of halogens is 3. The van der Waals surface area contributed by atoms with Gasteiger partial charge in [-0.2, -0.15) is 13.2 Å². The van der Waals surface area contributed by atoms with Gasteiger partial charge in [0.05, 0.1) is 31.0 Å². The maximum absolute atomic E-state index is 13.2. The average molecular weight is 617 g/mol. The van der Waals surface area contributed by atoms with Crippen LogP contribution in [0.1, 0.15) is 75.2 Å². The van der Waals surface area contributed by atoms with Gasteiger partial charge in [-0.1, -0.05) is 56.2 Å². The van der Waals surface area contributed by atoms with Crippen molar-refractivity contribution in [2.75, 3.05) is 12.4 Å². The van der Waals surface area contributed by atoms with E-state index in [-0.39, 0.29) is 30.1 Å². The van der Waals surface area contributed by atoms with Crippen LogP contribution in [0.5, 0.6) is 5.75 Å². The molecule has 10 nitrogen and oxygen atoms in total. The van der Waals surface area contributed by atoms with E-state index in [1.165, 1.54) is 0 Å². The number of Topliss-reactive ketones (excluding diaryl/α,β-unsaturated/α-hetero) is 1. The first kappa shape index (κ1) is 33.8. The number of rotatable bonds is 13. The summed E-state index contributed by atoms with van der Waals surface area (Å²) in [6.07, 6.45) is 1.14. The number of H-pyrrole nitrogens is 1. The third kappa shape index (κ3) is 9.68. The number of nitrogens with one attached hydrogen (secondary N) is 3. The minimum absolute atomic E-state index is 0.0406. The first-order chi connectivity index (χ1) is 20.9. The molecule has 0 saturated heterocycles. The lowest BCUT2D eigenvalue weighted by Gasteiger charge is -2.18. The molecule has 236 valence electrons. The summed E-state index contributed by atoms with van der Waals surface area (Å²) in [4.78, 5) is 54.2. The van der Waals surface area contributed by atoms with Gasteiger partial charge in [-0.3, -0.25) is 14.4 Å². The topological polar surface area (TPSA) is 150 Å². The Morgan fingerprint density at radius 3 is 2.43 bits per heavy atom. The maximum atomic E-state index is 13.2. The minimum atomic E-state index is -5.08. The highest BCUT2D eigenvalue weighted by molar-refractivity contribution is 6.05. The molecular formula is C31H35F3N4O6. The van der Waals surface area contributed by atoms with Crippen LogP contribution in [0.2, 0.25) is 0 Å². The number of hydrogen-bond donors (Lipinski definition) is 4. The predicted molar refractivity (Wildman–Crippen MR) is 156 cm³/mol. The van der Waals surface area contributed by atoms with Crippen molar-refractivity contribution in [1.29, 1.82) is 0 Å². The number of nitrogens with zero attached hydrogens (tertiary/aromatic N) is 1. The number of imidazole rings is 1. The number of amides is 2. The van der Waals surface area contributed by atoms with Gasteiger partial charge in [0.25, 0.3) is 0 Å². The number of aromatic amines is 1. The number of carboxylic acids is 1. The Balaban J connectivity index is 0.000000676. The second kappa shape index (κ2) is 15.7. The fourth-order valence-electron chi connectivity index (χ4n) is 4.66. The normalized spacial score (nSPS) is 14.5. The van der Waals surface area contributed by atoms with Crippen LogP contribution >= 0.6 is 0 Å². The Kier molecular flexibility index (Phi) is 12.1. The lowest BCUT2D eigenvalue weighted by Crippen LogP contribution is -2.31. The second-order valence-corrected chi connectivity index (χ2v) is 10.2. The average Bonchev–Trinajstić information content (AvgIpc) is 3.61. The van der Waals surface area contributed by atoms with Gasteiger partial charge in [0, 0.05) is 31.0 Å². The first-order valence-corrected chi connectivity index (χ1v) is 14.1. The zero-order valence-corrected chi connectivity index (χ0v) is 24.4. The molecule has 2 atom stereocenters. The Morgan fingerprint density at radius 2 is 1.80 bits per heavy atom. The van der Waals surface area contributed by atoms with Gasteiger partial charge >= 0.3 is 12.1 Å². The van der Waals surface area contributed by atoms with Crippen molar-refractivity contribution in [2.24, 2.45) is 0 Å². The number of hydrogen-bond acceptors (Lipinski definition) is 6. The summed E-state index contributed by atoms with van der Waals surface area (Å²) in [7, 11) is 1.57. The van der Waals surface area contributed by atoms with Crippen LogP contribution in [-0.4, -0.2) is 51.9 Å². The molecule has 2 amide bonds. The van der Waals surface area contributed by atoms with Crippen molar-refractivity contribution in [3.05, 3.63) is 66.1 Å². The Bertz CT molecular complexity index is 1440. The van der Waals surface area contributed by atoms with E-state index in [0.717, 1.165) is 36.1 Å². The van der Waals surface area contributed by atoms with Crippen LogP contribution in [0.4, 0.5) is 18.9 Å². The molecule has 1 aromatic heterocycles. The third-order valence-corrected chi connectivity index (χ3v) is 7.03. The number of aromatic nitrogens is 2. The maximum Gasteiger partial charge on any atom is 0.490 e. The highest BCUT2D eigenvalue weighted by Gasteiger charge is 2.38. The van der Waals surface area contributed by atoms with E-state index in [2.05, 4.69) is 20.6 Å². The van der Waals surface area contributed by atoms with Crippen molar-refractivity contribution >= 4 is 29.3 Å². The number of methoxy groups -OCH3 is 1. The summed E-state index contributed by atoms with van der Waals surface area (Å²) < 4.78 is 37.0. The van der Waals surface area contributed by atoms with E-state index >= 15 is 0 Å². The largest absolute Gasteiger partial charge is 0.497 e. The number of ether oxygens (including phenoxy) is 1. The van der Waals surface area contributed by atoms with Crippen molar-refractivity contribution in [2.45, 2.75) is 70.0 Å². The molecule has 2 heterocycles. The molecule has 0 bridgehead atoms. The van der Waals surface area contributed by atoms with Gasteiger partial charge in [-0.05, 0) is 30.0 Å². The molecule has 1 aliphatic rings. The summed E-state index contributed by atoms with van der Waals surface area (Å²) in [5.41, 5.74) is 3.36. The molecule has 4 N–H and O–H groups in total. The molecule has 1 aliphatic heterocycles. The first-order valence-electron chi connectivity index (χ1n) is 14.1. The number of benzene rings is 2. The number of alkyl halides is 3. The van der Waals surface area contributed by atoms with Gasteiger partial charge in [0.15, 0.2) is 0 Å². The van der Waals surface area contributed by atoms with Crippen LogP contribution in [0.25, 0.3) is 11.3 Å². The Morgan fingerprint density at radius 1 is 1.09 bits per heavy atom. The Labute approximate surface area is 252 Å². The van der Waals surface area contributed by atoms with Crippen molar-refractivity contribution in [3.63, 3.8) is 0 Å². The monoisotopic (exact) mass is 616 g/mol. The molecule has 0 aliphatic carbocycles. The fourth-order valence-corrected chi connectivity index (χ4v) is 4.66. The smallest absolute Gasteiger partial charge is 0.490 e. The lowest BCUT2D eigenvalue weighted by molar-refractivity contribution is -0.192. The summed E-state index contributed by atoms with van der Waals surface area (Å²) in [6.45, 7) is 1.88. The molecule has 44 heavy (non-hydrogen) atoms. The van der Waals surface area contributed by atoms with Crippen LogP contribution < -0.4 is 15.4 Å². The van der Waals surface area contributed by atoms with Crippen molar-refractivity contribution < 1.29 is 42.2 Å². The number of anilines is 1. The molecular weight excluding hydrogens is 581 g/mol. The second-order valence-electron chi connectivity index (χ2n) is 10.2. The van der Waals surface area contributed by atoms with Gasteiger partial charge in [-0.25, -0.2) is 9.78 Å². The van der Waals surface area contributed by atoms with E-state index < -0.39 is 18.1 Å². The predicted octanol–water partition coefficient (Wildman–Crippen LogP) is 5.93. The number of unbranched alkanes of at least 4 members (excludes halogenated alkanes) is 2. The molecule has 4 rings (SSSR count). The summed E-state index contributed by atoms with van der Waals surface area (Å²) in [6, 6.07) is 15.0. The van der Waals surface area contributed by atoms with E-state index in [4.69, 9.17) is 14.6 Å². The Hall–Kier alpha value is -4.68. The number of carbonyl (C=O) groups is 4. The number of carbonyl (C=O) groups excluding carboxylic acids is 3. The van der Waals surface area contributed by atoms with Crippen LogP contribution in [-0.2, 0) is 19.2 Å². The molecule has 2 aromatic carbocycles. The molecule has 13 heteroatoms. The number of carboxylic acid groups (broad SMARTS) is 1. The molecule has 0 saturated carbocycles. The van der Waals surface area contributed by atoms with Gasteiger partial charge in [0.1, 0.15) is 17.4 Å². The van der Waals surface area contributed by atoms with E-state index in [1.54, 1.807) is 25.4 Å². The third-order valence-electron chi connectivity index (χ3n) is 7.03. The molecule has 0 radical (unpaired) electrons. The number of ketones is 1. The molecule has 1 unspecified atom stereocenters. The van der Waals surface area contributed by atoms with Crippen LogP contribution in [0.3, 0.4) is 0 Å². The van der Waals surface area contributed by atoms with Crippen molar-refractivity contribution in [3.8, 4) is 17.0 Å². The van der Waals surface area contributed by atoms with E-state index in [1.807, 2.05) is 43.3 Å². The molecule has 0 spiro atoms. The highest BCUT2D eigenvalue weighted by Crippen LogP contribution is 2.37.